The average Bonchev–Trinajstić information content (AvgIpc) is 3.18. The van der Waals surface area contributed by atoms with E-state index in [0.29, 0.717) is 11.1 Å². The number of nitrogens with zero attached hydrogens (tertiary/aromatic N) is 4. The van der Waals surface area contributed by atoms with Gasteiger partial charge in [0.15, 0.2) is 5.65 Å². The van der Waals surface area contributed by atoms with Gasteiger partial charge in [-0.3, -0.25) is 4.98 Å². The van der Waals surface area contributed by atoms with Gasteiger partial charge < -0.3 is 0 Å². The molecule has 94 valence electrons. The van der Waals surface area contributed by atoms with Crippen LogP contribution in [0, 0.1) is 0 Å². The van der Waals surface area contributed by atoms with Crippen LogP contribution in [-0.2, 0) is 0 Å². The molecular formula is C14H11ClN4. The Kier molecular flexibility index (Phi) is 2.32. The standard InChI is InChI=1S/C14H11ClN4/c15-13-7-11(9-1-2-9)14-17-12(8-19(14)18-13)10-3-5-16-6-4-10/h3-9H,1-2H2. The lowest BCUT2D eigenvalue weighted by molar-refractivity contribution is 0.913. The van der Waals surface area contributed by atoms with Crippen molar-refractivity contribution in [2.75, 3.05) is 0 Å². The fraction of sp³-hybridized carbons (Fsp3) is 0.214. The Morgan fingerprint density at radius 2 is 2.00 bits per heavy atom. The van der Waals surface area contributed by atoms with Crippen LogP contribution in [0.2, 0.25) is 5.15 Å². The summed E-state index contributed by atoms with van der Waals surface area (Å²) in [6, 6.07) is 5.83. The minimum Gasteiger partial charge on any atom is -0.265 e. The van der Waals surface area contributed by atoms with Crippen LogP contribution in [0.1, 0.15) is 24.3 Å². The van der Waals surface area contributed by atoms with Gasteiger partial charge in [0.05, 0.1) is 11.9 Å². The van der Waals surface area contributed by atoms with Crippen molar-refractivity contribution in [3.63, 3.8) is 0 Å². The fourth-order valence-electron chi connectivity index (χ4n) is 2.33. The highest BCUT2D eigenvalue weighted by Gasteiger charge is 2.27. The zero-order chi connectivity index (χ0) is 12.8. The smallest absolute Gasteiger partial charge is 0.157 e. The summed E-state index contributed by atoms with van der Waals surface area (Å²) < 4.78 is 1.78. The van der Waals surface area contributed by atoms with Crippen molar-refractivity contribution < 1.29 is 0 Å². The molecule has 0 N–H and O–H groups in total. The molecule has 0 amide bonds. The molecule has 0 spiro atoms. The predicted octanol–water partition coefficient (Wildman–Crippen LogP) is 3.32. The third kappa shape index (κ3) is 1.88. The largest absolute Gasteiger partial charge is 0.265 e. The van der Waals surface area contributed by atoms with Crippen LogP contribution in [0.5, 0.6) is 0 Å². The molecule has 1 fully saturated rings. The van der Waals surface area contributed by atoms with E-state index in [2.05, 4.69) is 10.1 Å². The molecule has 5 heteroatoms. The van der Waals surface area contributed by atoms with Crippen molar-refractivity contribution in [2.24, 2.45) is 0 Å². The van der Waals surface area contributed by atoms with Crippen LogP contribution < -0.4 is 0 Å². The second-order valence-corrected chi connectivity index (χ2v) is 5.21. The van der Waals surface area contributed by atoms with Gasteiger partial charge >= 0.3 is 0 Å². The molecule has 1 aliphatic carbocycles. The third-order valence-electron chi connectivity index (χ3n) is 3.42. The van der Waals surface area contributed by atoms with E-state index >= 15 is 0 Å². The predicted molar refractivity (Wildman–Crippen MR) is 73.2 cm³/mol. The van der Waals surface area contributed by atoms with Gasteiger partial charge in [0.1, 0.15) is 5.15 Å². The zero-order valence-corrected chi connectivity index (χ0v) is 10.9. The summed E-state index contributed by atoms with van der Waals surface area (Å²) in [7, 11) is 0. The van der Waals surface area contributed by atoms with Crippen LogP contribution in [0.25, 0.3) is 16.9 Å². The summed E-state index contributed by atoms with van der Waals surface area (Å²) in [5, 5.41) is 4.82. The molecule has 3 aromatic rings. The Balaban J connectivity index is 1.93. The highest BCUT2D eigenvalue weighted by molar-refractivity contribution is 6.29. The molecule has 19 heavy (non-hydrogen) atoms. The third-order valence-corrected chi connectivity index (χ3v) is 3.60. The van der Waals surface area contributed by atoms with Crippen LogP contribution in [0.15, 0.2) is 36.8 Å². The topological polar surface area (TPSA) is 43.1 Å². The Labute approximate surface area is 115 Å². The molecule has 3 aromatic heterocycles. The van der Waals surface area contributed by atoms with Gasteiger partial charge in [0.25, 0.3) is 0 Å². The van der Waals surface area contributed by atoms with Gasteiger partial charge in [-0.25, -0.2) is 9.50 Å². The summed E-state index contributed by atoms with van der Waals surface area (Å²) in [6.45, 7) is 0. The number of fused-ring (bicyclic) bond motifs is 1. The van der Waals surface area contributed by atoms with E-state index < -0.39 is 0 Å². The quantitative estimate of drug-likeness (QED) is 0.717. The molecule has 0 atom stereocenters. The van der Waals surface area contributed by atoms with Crippen molar-refractivity contribution >= 4 is 17.2 Å². The van der Waals surface area contributed by atoms with Gasteiger partial charge in [0, 0.05) is 23.5 Å². The van der Waals surface area contributed by atoms with Crippen LogP contribution in [0.3, 0.4) is 0 Å². The number of rotatable bonds is 2. The van der Waals surface area contributed by atoms with E-state index in [1.807, 2.05) is 24.4 Å². The maximum atomic E-state index is 6.08. The summed E-state index contributed by atoms with van der Waals surface area (Å²) in [4.78, 5) is 8.72. The van der Waals surface area contributed by atoms with Crippen LogP contribution >= 0.6 is 11.6 Å². The minimum absolute atomic E-state index is 0.521. The zero-order valence-electron chi connectivity index (χ0n) is 10.1. The number of pyridine rings is 1. The molecule has 0 bridgehead atoms. The van der Waals surface area contributed by atoms with Crippen LogP contribution in [0.4, 0.5) is 0 Å². The maximum absolute atomic E-state index is 6.08. The van der Waals surface area contributed by atoms with E-state index in [1.165, 1.54) is 18.4 Å². The Morgan fingerprint density at radius 1 is 1.21 bits per heavy atom. The SMILES string of the molecule is Clc1cc(C2CC2)c2nc(-c3ccncc3)cn2n1. The van der Waals surface area contributed by atoms with E-state index in [-0.39, 0.29) is 0 Å². The summed E-state index contributed by atoms with van der Waals surface area (Å²) in [5.41, 5.74) is 4.07. The van der Waals surface area contributed by atoms with E-state index in [4.69, 9.17) is 16.6 Å². The molecule has 4 nitrogen and oxygen atoms in total. The number of hydrogen-bond acceptors (Lipinski definition) is 3. The van der Waals surface area contributed by atoms with Gasteiger partial charge in [-0.15, -0.1) is 0 Å². The lowest BCUT2D eigenvalue weighted by Crippen LogP contribution is -1.95. The first-order valence-electron chi connectivity index (χ1n) is 6.27. The van der Waals surface area contributed by atoms with E-state index in [0.717, 1.165) is 16.9 Å². The normalized spacial score (nSPS) is 15.0. The van der Waals surface area contributed by atoms with Gasteiger partial charge in [-0.05, 0) is 37.0 Å². The lowest BCUT2D eigenvalue weighted by Gasteiger charge is -2.01. The summed E-state index contributed by atoms with van der Waals surface area (Å²) in [5.74, 6) is 0.593. The van der Waals surface area contributed by atoms with E-state index in [9.17, 15) is 0 Å². The van der Waals surface area contributed by atoms with Crippen molar-refractivity contribution in [2.45, 2.75) is 18.8 Å². The highest BCUT2D eigenvalue weighted by atomic mass is 35.5. The average molecular weight is 271 g/mol. The first-order valence-corrected chi connectivity index (χ1v) is 6.65. The summed E-state index contributed by atoms with van der Waals surface area (Å²) in [6.07, 6.45) is 7.88. The molecule has 1 aliphatic rings. The Morgan fingerprint density at radius 3 is 2.74 bits per heavy atom. The number of hydrogen-bond donors (Lipinski definition) is 0. The first-order chi connectivity index (χ1) is 9.31. The number of imidazole rings is 1. The van der Waals surface area contributed by atoms with Crippen molar-refractivity contribution in [1.82, 2.24) is 19.6 Å². The van der Waals surface area contributed by atoms with Crippen LogP contribution in [-0.4, -0.2) is 19.6 Å². The molecule has 1 saturated carbocycles. The maximum Gasteiger partial charge on any atom is 0.157 e. The molecule has 0 radical (unpaired) electrons. The fourth-order valence-corrected chi connectivity index (χ4v) is 2.52. The summed E-state index contributed by atoms with van der Waals surface area (Å²) >= 11 is 6.08. The number of aromatic nitrogens is 4. The van der Waals surface area contributed by atoms with Crippen molar-refractivity contribution in [3.05, 3.63) is 47.5 Å². The second-order valence-electron chi connectivity index (χ2n) is 4.83. The molecule has 0 unspecified atom stereocenters. The van der Waals surface area contributed by atoms with E-state index in [1.54, 1.807) is 16.9 Å². The molecule has 0 aromatic carbocycles. The highest BCUT2D eigenvalue weighted by Crippen LogP contribution is 2.42. The van der Waals surface area contributed by atoms with Gasteiger partial charge in [0.2, 0.25) is 0 Å². The van der Waals surface area contributed by atoms with Crippen molar-refractivity contribution in [1.29, 1.82) is 0 Å². The van der Waals surface area contributed by atoms with Gasteiger partial charge in [-0.1, -0.05) is 11.6 Å². The molecule has 4 rings (SSSR count). The van der Waals surface area contributed by atoms with Crippen molar-refractivity contribution in [3.8, 4) is 11.3 Å². The van der Waals surface area contributed by atoms with Gasteiger partial charge in [-0.2, -0.15) is 5.10 Å². The molecule has 0 saturated heterocycles. The first kappa shape index (κ1) is 10.9. The monoisotopic (exact) mass is 270 g/mol. The number of halogens is 1. The molecule has 3 heterocycles. The molecular weight excluding hydrogens is 260 g/mol. The Hall–Kier alpha value is -1.94. The lowest BCUT2D eigenvalue weighted by atomic mass is 10.2. The minimum atomic E-state index is 0.521. The molecule has 0 aliphatic heterocycles. The second kappa shape index (κ2) is 4.03. The Bertz CT molecular complexity index is 747.